The van der Waals surface area contributed by atoms with E-state index in [9.17, 15) is 23.7 Å². The summed E-state index contributed by atoms with van der Waals surface area (Å²) >= 11 is 1.95. The van der Waals surface area contributed by atoms with Gasteiger partial charge in [0.2, 0.25) is 6.29 Å². The van der Waals surface area contributed by atoms with Crippen LogP contribution < -0.4 is 0 Å². The highest BCUT2D eigenvalue weighted by Crippen LogP contribution is 2.53. The van der Waals surface area contributed by atoms with Gasteiger partial charge < -0.3 is 14.2 Å². The predicted molar refractivity (Wildman–Crippen MR) is 126 cm³/mol. The van der Waals surface area contributed by atoms with Crippen LogP contribution in [0.1, 0.15) is 41.5 Å². The number of carbonyl (C=O) groups is 4. The van der Waals surface area contributed by atoms with Crippen molar-refractivity contribution in [3.8, 4) is 0 Å². The summed E-state index contributed by atoms with van der Waals surface area (Å²) in [7, 11) is -4.27. The molecule has 0 amide bonds. The van der Waals surface area contributed by atoms with Crippen LogP contribution in [0.3, 0.4) is 0 Å². The van der Waals surface area contributed by atoms with E-state index in [-0.39, 0.29) is 53.4 Å². The third kappa shape index (κ3) is 11.7. The summed E-state index contributed by atoms with van der Waals surface area (Å²) in [6.07, 6.45) is -2.92. The van der Waals surface area contributed by atoms with Crippen LogP contribution in [-0.4, -0.2) is 72.0 Å². The van der Waals surface area contributed by atoms with Crippen LogP contribution >= 0.6 is 31.3 Å². The minimum atomic E-state index is -4.27. The van der Waals surface area contributed by atoms with Crippen LogP contribution in [0.2, 0.25) is 0 Å². The minimum Gasteiger partial charge on any atom is -0.463 e. The summed E-state index contributed by atoms with van der Waals surface area (Å²) in [6.45, 7) is 8.58. The molecule has 0 aliphatic carbocycles. The number of phosphoric ester groups is 1. The van der Waals surface area contributed by atoms with Gasteiger partial charge in [0.25, 0.3) is 0 Å². The van der Waals surface area contributed by atoms with E-state index in [0.717, 1.165) is 23.5 Å². The van der Waals surface area contributed by atoms with Gasteiger partial charge in [-0.25, -0.2) is 4.57 Å². The van der Waals surface area contributed by atoms with E-state index in [2.05, 4.69) is 0 Å². The number of ether oxygens (including phenoxy) is 3. The number of rotatable bonds is 13. The van der Waals surface area contributed by atoms with Crippen LogP contribution in [-0.2, 0) is 51.5 Å². The number of carbonyl (C=O) groups excluding carboxylic acids is 4. The fourth-order valence-corrected chi connectivity index (χ4v) is 5.39. The summed E-state index contributed by atoms with van der Waals surface area (Å²) in [4.78, 5) is 45.3. The van der Waals surface area contributed by atoms with Gasteiger partial charge in [0.15, 0.2) is 16.3 Å². The Morgan fingerprint density at radius 3 is 1.82 bits per heavy atom. The number of thioether (sulfide) groups is 2. The van der Waals surface area contributed by atoms with Gasteiger partial charge in [-0.05, 0) is 5.92 Å². The fourth-order valence-electron chi connectivity index (χ4n) is 2.98. The molecule has 0 saturated carbocycles. The molecular weight excluding hydrogens is 511 g/mol. The van der Waals surface area contributed by atoms with Gasteiger partial charge in [0.05, 0.1) is 19.3 Å². The van der Waals surface area contributed by atoms with Crippen molar-refractivity contribution >= 4 is 53.5 Å². The zero-order chi connectivity index (χ0) is 25.9. The van der Waals surface area contributed by atoms with E-state index >= 15 is 0 Å². The van der Waals surface area contributed by atoms with Gasteiger partial charge in [0, 0.05) is 45.1 Å². The van der Waals surface area contributed by atoms with Crippen LogP contribution in [0.5, 0.6) is 0 Å². The molecule has 0 N–H and O–H groups in total. The smallest absolute Gasteiger partial charge is 0.463 e. The first-order valence-corrected chi connectivity index (χ1v) is 14.1. The molecule has 0 bridgehead atoms. The lowest BCUT2D eigenvalue weighted by atomic mass is 9.83. The zero-order valence-corrected chi connectivity index (χ0v) is 22.7. The van der Waals surface area contributed by atoms with Crippen LogP contribution in [0, 0.1) is 11.8 Å². The average molecular weight is 545 g/mol. The first-order chi connectivity index (χ1) is 15.8. The van der Waals surface area contributed by atoms with Crippen LogP contribution in [0.4, 0.5) is 0 Å². The molecule has 5 atom stereocenters. The lowest BCUT2D eigenvalue weighted by Crippen LogP contribution is -2.53. The maximum atomic E-state index is 13.4. The normalized spacial score (nSPS) is 24.9. The van der Waals surface area contributed by atoms with Crippen molar-refractivity contribution in [1.82, 2.24) is 0 Å². The molecule has 0 radical (unpaired) electrons. The van der Waals surface area contributed by atoms with E-state index in [4.69, 9.17) is 27.8 Å². The second kappa shape index (κ2) is 15.2. The average Bonchev–Trinajstić information content (AvgIpc) is 2.72. The molecule has 196 valence electrons. The second-order valence-corrected chi connectivity index (χ2v) is 11.7. The number of hydrogen-bond acceptors (Lipinski definition) is 13. The number of phosphoric acid groups is 1. The van der Waals surface area contributed by atoms with Crippen LogP contribution in [0.15, 0.2) is 0 Å². The van der Waals surface area contributed by atoms with Crippen molar-refractivity contribution in [3.05, 3.63) is 0 Å². The van der Waals surface area contributed by atoms with E-state index < -0.39 is 38.3 Å². The molecule has 1 aliphatic rings. The van der Waals surface area contributed by atoms with Crippen molar-refractivity contribution in [3.63, 3.8) is 0 Å². The molecule has 14 heteroatoms. The van der Waals surface area contributed by atoms with Gasteiger partial charge in [0.1, 0.15) is 6.61 Å². The Hall–Kier alpha value is -0.950. The lowest BCUT2D eigenvalue weighted by Gasteiger charge is -2.43. The number of esters is 2. The van der Waals surface area contributed by atoms with Gasteiger partial charge in [-0.1, -0.05) is 37.4 Å². The Bertz CT molecular complexity index is 735. The highest BCUT2D eigenvalue weighted by molar-refractivity contribution is 8.13. The quantitative estimate of drug-likeness (QED) is 0.190. The van der Waals surface area contributed by atoms with Gasteiger partial charge >= 0.3 is 19.8 Å². The van der Waals surface area contributed by atoms with Gasteiger partial charge in [-0.2, -0.15) is 0 Å². The molecule has 1 heterocycles. The summed E-state index contributed by atoms with van der Waals surface area (Å²) < 4.78 is 46.2. The van der Waals surface area contributed by atoms with Crippen molar-refractivity contribution in [2.24, 2.45) is 11.8 Å². The molecule has 11 nitrogen and oxygen atoms in total. The summed E-state index contributed by atoms with van der Waals surface area (Å²) in [5, 5.41) is -0.278. The summed E-state index contributed by atoms with van der Waals surface area (Å²) in [5.41, 5.74) is 0. The van der Waals surface area contributed by atoms with Crippen molar-refractivity contribution in [2.45, 2.75) is 60.0 Å². The minimum absolute atomic E-state index is 0.0794. The van der Waals surface area contributed by atoms with Crippen molar-refractivity contribution in [2.75, 3.05) is 31.3 Å². The number of hydrogen-bond donors (Lipinski definition) is 0. The van der Waals surface area contributed by atoms with Crippen molar-refractivity contribution < 1.29 is 51.5 Å². The van der Waals surface area contributed by atoms with E-state index in [0.29, 0.717) is 0 Å². The summed E-state index contributed by atoms with van der Waals surface area (Å²) in [6, 6.07) is 0. The van der Waals surface area contributed by atoms with Crippen LogP contribution in [0.25, 0.3) is 0 Å². The Morgan fingerprint density at radius 2 is 1.38 bits per heavy atom. The summed E-state index contributed by atoms with van der Waals surface area (Å²) in [5.74, 6) is -1.20. The Kier molecular flexibility index (Phi) is 13.9. The second-order valence-electron chi connectivity index (χ2n) is 7.54. The molecule has 1 aliphatic heterocycles. The highest BCUT2D eigenvalue weighted by Gasteiger charge is 2.48. The zero-order valence-electron chi connectivity index (χ0n) is 20.2. The van der Waals surface area contributed by atoms with E-state index in [1.165, 1.54) is 27.7 Å². The van der Waals surface area contributed by atoms with E-state index in [1.807, 2.05) is 6.92 Å². The third-order valence-electron chi connectivity index (χ3n) is 4.77. The largest absolute Gasteiger partial charge is 0.477 e. The molecule has 1 rings (SSSR count). The molecule has 2 unspecified atom stereocenters. The van der Waals surface area contributed by atoms with E-state index in [1.54, 1.807) is 6.92 Å². The standard InChI is InChI=1S/C20H33O11PS2/c1-12-13(2)19(29-15(4)22)20(30-18(12)11-26-14(3)21)31-32(25,27-7-9-33-16(5)23)28-8-10-34-17(6)24/h12-13,18-20H,7-11H2,1-6H3/t12-,13-,18?,19?,20+/m0/s1. The lowest BCUT2D eigenvalue weighted by molar-refractivity contribution is -0.258. The maximum absolute atomic E-state index is 13.4. The third-order valence-corrected chi connectivity index (χ3v) is 7.79. The molecule has 0 aromatic rings. The maximum Gasteiger partial charge on any atom is 0.477 e. The molecule has 34 heavy (non-hydrogen) atoms. The van der Waals surface area contributed by atoms with Gasteiger partial charge in [-0.15, -0.1) is 0 Å². The topological polar surface area (TPSA) is 141 Å². The molecule has 1 saturated heterocycles. The molecule has 0 spiro atoms. The SMILES string of the molecule is CC(=O)OCC1O[C@H](OP(=O)(OCCSC(C)=O)OCCSC(C)=O)C(OC(C)=O)[C@@H](C)[C@@H]1C. The molecule has 0 aromatic carbocycles. The predicted octanol–water partition coefficient (Wildman–Crippen LogP) is 3.20. The molecule has 1 fully saturated rings. The Morgan fingerprint density at radius 1 is 0.853 bits per heavy atom. The first-order valence-electron chi connectivity index (χ1n) is 10.6. The Balaban J connectivity index is 3.04. The van der Waals surface area contributed by atoms with Crippen molar-refractivity contribution in [1.29, 1.82) is 0 Å². The molecule has 0 aromatic heterocycles. The van der Waals surface area contributed by atoms with Gasteiger partial charge in [-0.3, -0.25) is 32.7 Å². The highest BCUT2D eigenvalue weighted by atomic mass is 32.2. The monoisotopic (exact) mass is 544 g/mol. The fraction of sp³-hybridized carbons (Fsp3) is 0.800. The Labute approximate surface area is 208 Å². The first kappa shape index (κ1) is 31.1. The molecular formula is C20H33O11PS2.